The number of thiazole rings is 1. The summed E-state index contributed by atoms with van der Waals surface area (Å²) in [7, 11) is 0. The second-order valence-electron chi connectivity index (χ2n) is 8.08. The molecule has 1 aliphatic heterocycles. The molecular formula is C25H21FN4O3S. The molecule has 34 heavy (non-hydrogen) atoms. The number of rotatable bonds is 7. The minimum atomic E-state index is -0.307. The smallest absolute Gasteiger partial charge is 0.261 e. The lowest BCUT2D eigenvalue weighted by molar-refractivity contribution is -0.121. The number of nitrogens with one attached hydrogen (secondary N) is 1. The number of imide groups is 1. The van der Waals surface area contributed by atoms with Crippen molar-refractivity contribution in [2.75, 3.05) is 6.54 Å². The van der Waals surface area contributed by atoms with E-state index in [0.717, 1.165) is 26.8 Å². The number of nitrogens with zero attached hydrogens (tertiary/aromatic N) is 3. The first kappa shape index (κ1) is 22.0. The number of aryl methyl sites for hydroxylation is 1. The van der Waals surface area contributed by atoms with Crippen LogP contribution in [0.1, 0.15) is 44.1 Å². The maximum Gasteiger partial charge on any atom is 0.261 e. The van der Waals surface area contributed by atoms with E-state index in [0.29, 0.717) is 24.1 Å². The SMILES string of the molecule is Cc1c(CNC(=O)CCCN2C(=O)c3ccccc3C2=O)sc2nc(-c3ccc(F)cc3)cn12. The number of hydrogen-bond acceptors (Lipinski definition) is 5. The number of amides is 3. The maximum absolute atomic E-state index is 13.2. The second-order valence-corrected chi connectivity index (χ2v) is 9.15. The molecule has 0 unspecified atom stereocenters. The number of carbonyl (C=O) groups is 3. The molecule has 0 radical (unpaired) electrons. The van der Waals surface area contributed by atoms with E-state index in [4.69, 9.17) is 0 Å². The summed E-state index contributed by atoms with van der Waals surface area (Å²) >= 11 is 1.49. The van der Waals surface area contributed by atoms with E-state index in [-0.39, 0.29) is 36.5 Å². The van der Waals surface area contributed by atoms with Crippen LogP contribution >= 0.6 is 11.3 Å². The van der Waals surface area contributed by atoms with Crippen LogP contribution in [0, 0.1) is 12.7 Å². The van der Waals surface area contributed by atoms with E-state index in [1.165, 1.54) is 28.4 Å². The summed E-state index contributed by atoms with van der Waals surface area (Å²) in [6.07, 6.45) is 2.51. The van der Waals surface area contributed by atoms with E-state index in [2.05, 4.69) is 10.3 Å². The van der Waals surface area contributed by atoms with E-state index < -0.39 is 0 Å². The average molecular weight is 477 g/mol. The minimum absolute atomic E-state index is 0.144. The van der Waals surface area contributed by atoms with Crippen molar-refractivity contribution in [2.45, 2.75) is 26.3 Å². The number of hydrogen-bond donors (Lipinski definition) is 1. The van der Waals surface area contributed by atoms with Gasteiger partial charge >= 0.3 is 0 Å². The largest absolute Gasteiger partial charge is 0.351 e. The molecule has 0 aliphatic carbocycles. The van der Waals surface area contributed by atoms with Gasteiger partial charge in [-0.1, -0.05) is 23.5 Å². The number of benzene rings is 2. The van der Waals surface area contributed by atoms with Gasteiger partial charge in [0.1, 0.15) is 5.82 Å². The van der Waals surface area contributed by atoms with E-state index >= 15 is 0 Å². The predicted octanol–water partition coefficient (Wildman–Crippen LogP) is 4.20. The highest BCUT2D eigenvalue weighted by Crippen LogP contribution is 2.27. The Morgan fingerprint density at radius 3 is 2.38 bits per heavy atom. The Balaban J connectivity index is 1.15. The molecule has 0 fully saturated rings. The fourth-order valence-corrected chi connectivity index (χ4v) is 5.07. The molecule has 5 rings (SSSR count). The number of halogens is 1. The summed E-state index contributed by atoms with van der Waals surface area (Å²) in [6.45, 7) is 2.54. The first-order valence-corrected chi connectivity index (χ1v) is 11.7. The zero-order chi connectivity index (χ0) is 23.8. The Morgan fingerprint density at radius 1 is 1.06 bits per heavy atom. The summed E-state index contributed by atoms with van der Waals surface area (Å²) < 4.78 is 15.1. The first-order chi connectivity index (χ1) is 16.4. The molecule has 2 aromatic heterocycles. The van der Waals surface area contributed by atoms with Crippen LogP contribution in [0.15, 0.2) is 54.7 Å². The molecule has 4 aromatic rings. The highest BCUT2D eigenvalue weighted by molar-refractivity contribution is 7.17. The third kappa shape index (κ3) is 3.99. The van der Waals surface area contributed by atoms with Crippen molar-refractivity contribution in [3.8, 4) is 11.3 Å². The summed E-state index contributed by atoms with van der Waals surface area (Å²) in [5, 5.41) is 2.91. The van der Waals surface area contributed by atoms with Crippen molar-refractivity contribution in [1.29, 1.82) is 0 Å². The molecular weight excluding hydrogens is 455 g/mol. The summed E-state index contributed by atoms with van der Waals surface area (Å²) in [5.41, 5.74) is 3.41. The Morgan fingerprint density at radius 2 is 1.74 bits per heavy atom. The molecule has 1 N–H and O–H groups in total. The van der Waals surface area contributed by atoms with Crippen LogP contribution in [0.5, 0.6) is 0 Å². The van der Waals surface area contributed by atoms with Gasteiger partial charge in [-0.25, -0.2) is 9.37 Å². The quantitative estimate of drug-likeness (QED) is 0.405. The lowest BCUT2D eigenvalue weighted by Crippen LogP contribution is -2.32. The third-order valence-corrected chi connectivity index (χ3v) is 7.06. The van der Waals surface area contributed by atoms with Gasteiger partial charge in [-0.15, -0.1) is 0 Å². The van der Waals surface area contributed by atoms with Crippen LogP contribution in [0.3, 0.4) is 0 Å². The van der Waals surface area contributed by atoms with Crippen molar-refractivity contribution in [1.82, 2.24) is 19.6 Å². The fourth-order valence-electron chi connectivity index (χ4n) is 4.02. The molecule has 1 aliphatic rings. The molecule has 3 heterocycles. The normalized spacial score (nSPS) is 13.1. The summed E-state index contributed by atoms with van der Waals surface area (Å²) in [6, 6.07) is 13.0. The summed E-state index contributed by atoms with van der Waals surface area (Å²) in [5.74, 6) is -1.05. The van der Waals surface area contributed by atoms with Crippen LogP contribution in [-0.4, -0.2) is 38.6 Å². The van der Waals surface area contributed by atoms with Gasteiger partial charge in [-0.2, -0.15) is 0 Å². The van der Waals surface area contributed by atoms with Gasteiger partial charge in [0.2, 0.25) is 5.91 Å². The van der Waals surface area contributed by atoms with Crippen molar-refractivity contribution in [3.63, 3.8) is 0 Å². The molecule has 0 atom stereocenters. The molecule has 172 valence electrons. The van der Waals surface area contributed by atoms with Crippen LogP contribution in [0.25, 0.3) is 16.2 Å². The fraction of sp³-hybridized carbons (Fsp3) is 0.200. The number of carbonyl (C=O) groups excluding carboxylic acids is 3. The number of aromatic nitrogens is 2. The number of fused-ring (bicyclic) bond motifs is 2. The van der Waals surface area contributed by atoms with E-state index in [1.807, 2.05) is 17.5 Å². The average Bonchev–Trinajstić information content (AvgIpc) is 3.46. The third-order valence-electron chi connectivity index (χ3n) is 5.90. The molecule has 0 saturated carbocycles. The molecule has 0 bridgehead atoms. The van der Waals surface area contributed by atoms with E-state index in [1.54, 1.807) is 36.4 Å². The predicted molar refractivity (Wildman–Crippen MR) is 126 cm³/mol. The monoisotopic (exact) mass is 476 g/mol. The van der Waals surface area contributed by atoms with Crippen molar-refractivity contribution >= 4 is 34.0 Å². The van der Waals surface area contributed by atoms with Gasteiger partial charge in [0.15, 0.2) is 4.96 Å². The van der Waals surface area contributed by atoms with Gasteiger partial charge in [0.25, 0.3) is 11.8 Å². The Hall–Kier alpha value is -3.85. The standard InChI is InChI=1S/C25H21FN4O3S/c1-15-21(34-25-28-20(14-30(15)25)16-8-10-17(26)11-9-16)13-27-22(31)7-4-12-29-23(32)18-5-2-3-6-19(18)24(29)33/h2-3,5-6,8-11,14H,4,7,12-13H2,1H3,(H,27,31). The molecule has 7 nitrogen and oxygen atoms in total. The highest BCUT2D eigenvalue weighted by atomic mass is 32.1. The van der Waals surface area contributed by atoms with Gasteiger partial charge in [-0.05, 0) is 49.7 Å². The molecule has 0 spiro atoms. The van der Waals surface area contributed by atoms with Crippen LogP contribution in [-0.2, 0) is 11.3 Å². The molecule has 3 amide bonds. The van der Waals surface area contributed by atoms with Gasteiger partial charge in [0, 0.05) is 35.3 Å². The highest BCUT2D eigenvalue weighted by Gasteiger charge is 2.34. The Kier molecular flexibility index (Phi) is 5.70. The van der Waals surface area contributed by atoms with Gasteiger partial charge in [0.05, 0.1) is 23.4 Å². The van der Waals surface area contributed by atoms with Crippen LogP contribution in [0.2, 0.25) is 0 Å². The zero-order valence-electron chi connectivity index (χ0n) is 18.4. The van der Waals surface area contributed by atoms with Gasteiger partial charge in [-0.3, -0.25) is 23.7 Å². The lowest BCUT2D eigenvalue weighted by atomic mass is 10.1. The molecule has 0 saturated heterocycles. The Labute approximate surface area is 198 Å². The van der Waals surface area contributed by atoms with Crippen LogP contribution < -0.4 is 5.32 Å². The Bertz CT molecular complexity index is 1390. The molecule has 2 aromatic carbocycles. The van der Waals surface area contributed by atoms with Crippen LogP contribution in [0.4, 0.5) is 4.39 Å². The maximum atomic E-state index is 13.2. The van der Waals surface area contributed by atoms with Crippen molar-refractivity contribution < 1.29 is 18.8 Å². The second kappa shape index (κ2) is 8.83. The topological polar surface area (TPSA) is 83.8 Å². The lowest BCUT2D eigenvalue weighted by Gasteiger charge is -2.13. The number of imidazole rings is 1. The summed E-state index contributed by atoms with van der Waals surface area (Å²) in [4.78, 5) is 44.8. The molecule has 9 heteroatoms. The van der Waals surface area contributed by atoms with E-state index in [9.17, 15) is 18.8 Å². The van der Waals surface area contributed by atoms with Crippen molar-refractivity contribution in [2.24, 2.45) is 0 Å². The zero-order valence-corrected chi connectivity index (χ0v) is 19.2. The first-order valence-electron chi connectivity index (χ1n) is 10.9. The van der Waals surface area contributed by atoms with Gasteiger partial charge < -0.3 is 5.32 Å². The van der Waals surface area contributed by atoms with Crippen molar-refractivity contribution in [3.05, 3.63) is 82.2 Å². The minimum Gasteiger partial charge on any atom is -0.351 e.